The van der Waals surface area contributed by atoms with Crippen molar-refractivity contribution in [2.24, 2.45) is 56.7 Å². The maximum Gasteiger partial charge on any atom is 0.312 e. The topological polar surface area (TPSA) is 52.6 Å². The summed E-state index contributed by atoms with van der Waals surface area (Å²) in [5.74, 6) is 2.43. The lowest BCUT2D eigenvalue weighted by Crippen LogP contribution is -2.67. The molecule has 0 spiro atoms. The van der Waals surface area contributed by atoms with E-state index in [0.717, 1.165) is 38.5 Å². The molecule has 0 aromatic rings. The van der Waals surface area contributed by atoms with Crippen LogP contribution in [0.5, 0.6) is 0 Å². The van der Waals surface area contributed by atoms with Crippen LogP contribution in [0.25, 0.3) is 0 Å². The summed E-state index contributed by atoms with van der Waals surface area (Å²) in [6.45, 7) is 20.7. The number of ether oxygens (including phenoxy) is 2. The molecule has 5 aliphatic rings. The second-order valence-corrected chi connectivity index (χ2v) is 15.3. The minimum Gasteiger partial charge on any atom is -0.469 e. The molecule has 0 amide bonds. The molecular weight excluding hydrogens is 460 g/mol. The fourth-order valence-corrected chi connectivity index (χ4v) is 12.1. The first-order valence-electron chi connectivity index (χ1n) is 15.1. The van der Waals surface area contributed by atoms with Gasteiger partial charge in [-0.1, -0.05) is 46.8 Å². The standard InChI is InChI=1S/C33H52O4/c1-20(2)22-12-17-33(28(35)36-9)19-18-31(7)23(27(22)33)10-11-25-30(6)15-14-26(37-21(3)34)29(4,5)24(30)13-16-32(25,31)8/h22-27H,1,10-19H2,2-9H3/t22-,23+,24+,25+,26-,27-,30-,31+,32+,33-/m0/s1. The number of esters is 2. The van der Waals surface area contributed by atoms with Crippen LogP contribution in [0, 0.1) is 56.7 Å². The predicted molar refractivity (Wildman–Crippen MR) is 147 cm³/mol. The van der Waals surface area contributed by atoms with Crippen molar-refractivity contribution < 1.29 is 19.1 Å². The van der Waals surface area contributed by atoms with Gasteiger partial charge in [0.15, 0.2) is 0 Å². The average molecular weight is 513 g/mol. The molecule has 5 aliphatic carbocycles. The van der Waals surface area contributed by atoms with Gasteiger partial charge in [-0.3, -0.25) is 9.59 Å². The molecule has 0 bridgehead atoms. The van der Waals surface area contributed by atoms with E-state index in [1.165, 1.54) is 31.3 Å². The van der Waals surface area contributed by atoms with Crippen LogP contribution in [0.3, 0.4) is 0 Å². The van der Waals surface area contributed by atoms with E-state index in [0.29, 0.717) is 29.6 Å². The lowest BCUT2D eigenvalue weighted by molar-refractivity contribution is -0.250. The van der Waals surface area contributed by atoms with E-state index < -0.39 is 0 Å². The Hall–Kier alpha value is -1.32. The molecule has 0 saturated heterocycles. The molecule has 0 unspecified atom stereocenters. The highest BCUT2D eigenvalue weighted by Crippen LogP contribution is 2.77. The van der Waals surface area contributed by atoms with Crippen LogP contribution in [0.4, 0.5) is 0 Å². The first-order valence-corrected chi connectivity index (χ1v) is 15.1. The molecular formula is C33H52O4. The zero-order chi connectivity index (χ0) is 27.2. The van der Waals surface area contributed by atoms with Gasteiger partial charge in [0.25, 0.3) is 0 Å². The molecule has 0 N–H and O–H groups in total. The van der Waals surface area contributed by atoms with Gasteiger partial charge in [-0.05, 0) is 117 Å². The first-order chi connectivity index (χ1) is 17.2. The minimum atomic E-state index is -0.322. The van der Waals surface area contributed by atoms with Gasteiger partial charge >= 0.3 is 11.9 Å². The lowest BCUT2D eigenvalue weighted by Gasteiger charge is -2.72. The van der Waals surface area contributed by atoms with Gasteiger partial charge in [0.2, 0.25) is 0 Å². The van der Waals surface area contributed by atoms with Crippen LogP contribution in [-0.4, -0.2) is 25.2 Å². The summed E-state index contributed by atoms with van der Waals surface area (Å²) >= 11 is 0. The Kier molecular flexibility index (Phi) is 6.33. The quantitative estimate of drug-likeness (QED) is 0.286. The van der Waals surface area contributed by atoms with E-state index in [4.69, 9.17) is 9.47 Å². The van der Waals surface area contributed by atoms with Crippen molar-refractivity contribution in [1.29, 1.82) is 0 Å². The Bertz CT molecular complexity index is 983. The third-order valence-electron chi connectivity index (χ3n) is 13.9. The third-order valence-corrected chi connectivity index (χ3v) is 13.9. The van der Waals surface area contributed by atoms with Gasteiger partial charge in [0, 0.05) is 12.3 Å². The van der Waals surface area contributed by atoms with Gasteiger partial charge in [0.05, 0.1) is 12.5 Å². The number of carbonyl (C=O) groups is 2. The normalized spacial score (nSPS) is 50.1. The SMILES string of the molecule is C=C(C)[C@@H]1CC[C@]2(C(=O)OC)CC[C@]3(C)[C@H](CC[C@@H]4[C@@]5(C)CC[C@H](OC(C)=O)C(C)(C)[C@H]5CC[C@]43C)[C@H]12. The second kappa shape index (κ2) is 8.59. The van der Waals surface area contributed by atoms with Gasteiger partial charge in [0.1, 0.15) is 6.10 Å². The molecule has 37 heavy (non-hydrogen) atoms. The molecule has 208 valence electrons. The van der Waals surface area contributed by atoms with Crippen LogP contribution in [-0.2, 0) is 19.1 Å². The monoisotopic (exact) mass is 512 g/mol. The highest BCUT2D eigenvalue weighted by atomic mass is 16.5. The summed E-state index contributed by atoms with van der Waals surface area (Å²) in [6, 6.07) is 0. The van der Waals surface area contributed by atoms with Crippen LogP contribution in [0.1, 0.15) is 113 Å². The molecule has 5 fully saturated rings. The molecule has 0 aliphatic heterocycles. The van der Waals surface area contributed by atoms with E-state index in [1.54, 1.807) is 14.0 Å². The van der Waals surface area contributed by atoms with Crippen molar-refractivity contribution >= 4 is 11.9 Å². The van der Waals surface area contributed by atoms with Crippen molar-refractivity contribution in [1.82, 2.24) is 0 Å². The Morgan fingerprint density at radius 3 is 2.11 bits per heavy atom. The van der Waals surface area contributed by atoms with E-state index in [9.17, 15) is 9.59 Å². The van der Waals surface area contributed by atoms with Crippen molar-refractivity contribution in [3.8, 4) is 0 Å². The van der Waals surface area contributed by atoms with Crippen LogP contribution in [0.15, 0.2) is 12.2 Å². The number of hydrogen-bond donors (Lipinski definition) is 0. The summed E-state index contributed by atoms with van der Waals surface area (Å²) in [6.07, 6.45) is 11.1. The molecule has 5 rings (SSSR count). The smallest absolute Gasteiger partial charge is 0.312 e. The Morgan fingerprint density at radius 2 is 1.49 bits per heavy atom. The minimum absolute atomic E-state index is 0.0130. The fourth-order valence-electron chi connectivity index (χ4n) is 12.1. The number of allylic oxidation sites excluding steroid dienone is 1. The van der Waals surface area contributed by atoms with Crippen molar-refractivity contribution in [3.63, 3.8) is 0 Å². The Labute approximate surface area is 225 Å². The average Bonchev–Trinajstić information content (AvgIpc) is 3.22. The first kappa shape index (κ1) is 27.3. The summed E-state index contributed by atoms with van der Waals surface area (Å²) in [7, 11) is 1.59. The number of rotatable bonds is 3. The number of hydrogen-bond acceptors (Lipinski definition) is 4. The second-order valence-electron chi connectivity index (χ2n) is 15.3. The number of fused-ring (bicyclic) bond motifs is 7. The van der Waals surface area contributed by atoms with E-state index in [2.05, 4.69) is 48.1 Å². The van der Waals surface area contributed by atoms with Gasteiger partial charge in [-0.2, -0.15) is 0 Å². The summed E-state index contributed by atoms with van der Waals surface area (Å²) in [5, 5.41) is 0. The van der Waals surface area contributed by atoms with Crippen LogP contribution < -0.4 is 0 Å². The van der Waals surface area contributed by atoms with Crippen molar-refractivity contribution in [2.45, 2.75) is 119 Å². The highest BCUT2D eigenvalue weighted by molar-refractivity contribution is 5.78. The lowest BCUT2D eigenvalue weighted by atomic mass is 9.32. The molecule has 10 atom stereocenters. The van der Waals surface area contributed by atoms with Gasteiger partial charge in [-0.15, -0.1) is 0 Å². The largest absolute Gasteiger partial charge is 0.469 e. The Balaban J connectivity index is 1.52. The van der Waals surface area contributed by atoms with Crippen LogP contribution in [0.2, 0.25) is 0 Å². The fraction of sp³-hybridized carbons (Fsp3) is 0.879. The molecule has 0 heterocycles. The predicted octanol–water partition coefficient (Wildman–Crippen LogP) is 7.75. The summed E-state index contributed by atoms with van der Waals surface area (Å²) in [5.41, 5.74) is 1.63. The van der Waals surface area contributed by atoms with Gasteiger partial charge < -0.3 is 9.47 Å². The maximum atomic E-state index is 13.4. The Morgan fingerprint density at radius 1 is 0.784 bits per heavy atom. The highest BCUT2D eigenvalue weighted by Gasteiger charge is 2.72. The molecule has 5 saturated carbocycles. The molecule has 4 heteroatoms. The zero-order valence-electron chi connectivity index (χ0n) is 24.9. The molecule has 0 aromatic carbocycles. The number of methoxy groups -OCH3 is 1. The molecule has 4 nitrogen and oxygen atoms in total. The van der Waals surface area contributed by atoms with E-state index in [1.807, 2.05) is 0 Å². The van der Waals surface area contributed by atoms with E-state index >= 15 is 0 Å². The van der Waals surface area contributed by atoms with Gasteiger partial charge in [-0.25, -0.2) is 0 Å². The molecule has 0 aromatic heterocycles. The maximum absolute atomic E-state index is 13.4. The zero-order valence-corrected chi connectivity index (χ0v) is 24.9. The van der Waals surface area contributed by atoms with Crippen molar-refractivity contribution in [3.05, 3.63) is 12.2 Å². The summed E-state index contributed by atoms with van der Waals surface area (Å²) < 4.78 is 11.4. The van der Waals surface area contributed by atoms with Crippen LogP contribution >= 0.6 is 0 Å². The molecule has 0 radical (unpaired) electrons. The summed E-state index contributed by atoms with van der Waals surface area (Å²) in [4.78, 5) is 25.3. The number of carbonyl (C=O) groups excluding carboxylic acids is 2. The third kappa shape index (κ3) is 3.45. The van der Waals surface area contributed by atoms with E-state index in [-0.39, 0.29) is 45.1 Å². The van der Waals surface area contributed by atoms with Crippen molar-refractivity contribution in [2.75, 3.05) is 7.11 Å².